The summed E-state index contributed by atoms with van der Waals surface area (Å²) >= 11 is 7.74. The Balaban J connectivity index is 2.41. The van der Waals surface area contributed by atoms with Crippen LogP contribution in [0.3, 0.4) is 0 Å². The van der Waals surface area contributed by atoms with Gasteiger partial charge in [-0.1, -0.05) is 11.6 Å². The number of rotatable bonds is 4. The number of aromatic nitrogens is 1. The highest BCUT2D eigenvalue weighted by atomic mass is 35.5. The van der Waals surface area contributed by atoms with Crippen LogP contribution in [0.1, 0.15) is 16.1 Å². The Labute approximate surface area is 125 Å². The van der Waals surface area contributed by atoms with Crippen LogP contribution in [0.25, 0.3) is 0 Å². The van der Waals surface area contributed by atoms with Crippen molar-refractivity contribution in [2.45, 2.75) is 6.54 Å². The lowest BCUT2D eigenvalue weighted by molar-refractivity contribution is 0.0601. The van der Waals surface area contributed by atoms with Gasteiger partial charge in [0.2, 0.25) is 0 Å². The average Bonchev–Trinajstić information content (AvgIpc) is 2.89. The molecule has 1 aromatic carbocycles. The number of anilines is 2. The summed E-state index contributed by atoms with van der Waals surface area (Å²) in [5, 5.41) is 2.35. The summed E-state index contributed by atoms with van der Waals surface area (Å²) in [6.45, 7) is 0.539. The van der Waals surface area contributed by atoms with E-state index >= 15 is 0 Å². The molecule has 2 aromatic rings. The predicted molar refractivity (Wildman–Crippen MR) is 81.4 cm³/mol. The number of ether oxygens (including phenoxy) is 1. The maximum absolute atomic E-state index is 11.9. The largest absolute Gasteiger partial charge is 0.465 e. The fourth-order valence-corrected chi connectivity index (χ4v) is 2.83. The summed E-state index contributed by atoms with van der Waals surface area (Å²) in [6, 6.07) is 3.17. The molecule has 0 aliphatic heterocycles. The van der Waals surface area contributed by atoms with Crippen LogP contribution in [0.2, 0.25) is 5.02 Å². The molecule has 0 saturated heterocycles. The molecule has 7 heteroatoms. The van der Waals surface area contributed by atoms with Crippen molar-refractivity contribution in [2.24, 2.45) is 0 Å². The van der Waals surface area contributed by atoms with Gasteiger partial charge < -0.3 is 15.4 Å². The number of methoxy groups -OCH3 is 1. The van der Waals surface area contributed by atoms with E-state index in [2.05, 4.69) is 4.98 Å². The van der Waals surface area contributed by atoms with Crippen LogP contribution in [0.4, 0.5) is 11.4 Å². The fourth-order valence-electron chi connectivity index (χ4n) is 1.91. The van der Waals surface area contributed by atoms with Crippen molar-refractivity contribution in [2.75, 3.05) is 24.8 Å². The first kappa shape index (κ1) is 14.6. The second-order valence-corrected chi connectivity index (χ2v) is 5.35. The highest BCUT2D eigenvalue weighted by Crippen LogP contribution is 2.33. The topological polar surface area (TPSA) is 68.5 Å². The zero-order chi connectivity index (χ0) is 14.7. The van der Waals surface area contributed by atoms with Crippen LogP contribution in [0.15, 0.2) is 23.0 Å². The minimum atomic E-state index is -0.473. The molecule has 1 heterocycles. The first-order valence-electron chi connectivity index (χ1n) is 5.78. The second-order valence-electron chi connectivity index (χ2n) is 4.23. The van der Waals surface area contributed by atoms with Crippen molar-refractivity contribution in [3.63, 3.8) is 0 Å². The minimum Gasteiger partial charge on any atom is -0.465 e. The summed E-state index contributed by atoms with van der Waals surface area (Å²) in [4.78, 5) is 17.9. The Hall–Kier alpha value is -1.79. The Kier molecular flexibility index (Phi) is 4.46. The molecule has 0 spiro atoms. The van der Waals surface area contributed by atoms with Gasteiger partial charge in [0.1, 0.15) is 0 Å². The highest BCUT2D eigenvalue weighted by molar-refractivity contribution is 7.07. The Morgan fingerprint density at radius 2 is 2.30 bits per heavy atom. The van der Waals surface area contributed by atoms with Gasteiger partial charge in [0.05, 0.1) is 41.1 Å². The van der Waals surface area contributed by atoms with Gasteiger partial charge in [0.25, 0.3) is 0 Å². The second kappa shape index (κ2) is 6.11. The average molecular weight is 312 g/mol. The van der Waals surface area contributed by atoms with Gasteiger partial charge in [0.15, 0.2) is 0 Å². The third-order valence-electron chi connectivity index (χ3n) is 2.76. The van der Waals surface area contributed by atoms with E-state index in [0.717, 1.165) is 5.69 Å². The van der Waals surface area contributed by atoms with Crippen molar-refractivity contribution < 1.29 is 9.53 Å². The van der Waals surface area contributed by atoms with E-state index in [1.807, 2.05) is 17.3 Å². The fraction of sp³-hybridized carbons (Fsp3) is 0.231. The zero-order valence-electron chi connectivity index (χ0n) is 11.1. The molecule has 0 amide bonds. The number of halogens is 1. The first-order chi connectivity index (χ1) is 9.52. The molecule has 5 nitrogen and oxygen atoms in total. The molecule has 1 aromatic heterocycles. The summed E-state index contributed by atoms with van der Waals surface area (Å²) in [5.41, 5.74) is 9.74. The summed E-state index contributed by atoms with van der Waals surface area (Å²) in [5.74, 6) is -0.473. The SMILES string of the molecule is COC(=O)c1cc(N)cc(Cl)c1N(C)Cc1cscn1. The normalized spacial score (nSPS) is 10.3. The van der Waals surface area contributed by atoms with E-state index < -0.39 is 5.97 Å². The van der Waals surface area contributed by atoms with Gasteiger partial charge in [0, 0.05) is 18.1 Å². The molecule has 0 radical (unpaired) electrons. The molecule has 0 aliphatic carbocycles. The predicted octanol–water partition coefficient (Wildman–Crippen LogP) is 2.80. The third-order valence-corrected chi connectivity index (χ3v) is 3.68. The molecule has 0 aliphatic rings. The van der Waals surface area contributed by atoms with Crippen molar-refractivity contribution >= 4 is 40.3 Å². The standard InChI is InChI=1S/C13H14ClN3O2S/c1-17(5-9-6-20-7-16-9)12-10(13(18)19-2)3-8(15)4-11(12)14/h3-4,6-7H,5,15H2,1-2H3. The number of hydrogen-bond donors (Lipinski definition) is 1. The molecular weight excluding hydrogens is 298 g/mol. The Morgan fingerprint density at radius 1 is 1.55 bits per heavy atom. The number of nitrogen functional groups attached to an aromatic ring is 1. The highest BCUT2D eigenvalue weighted by Gasteiger charge is 2.19. The number of benzene rings is 1. The lowest BCUT2D eigenvalue weighted by Gasteiger charge is -2.22. The molecule has 106 valence electrons. The van der Waals surface area contributed by atoms with Crippen LogP contribution >= 0.6 is 22.9 Å². The number of nitrogens with zero attached hydrogens (tertiary/aromatic N) is 2. The van der Waals surface area contributed by atoms with Crippen molar-refractivity contribution in [1.82, 2.24) is 4.98 Å². The van der Waals surface area contributed by atoms with Gasteiger partial charge >= 0.3 is 5.97 Å². The molecule has 0 atom stereocenters. The molecule has 0 bridgehead atoms. The molecule has 2 N–H and O–H groups in total. The van der Waals surface area contributed by atoms with Crippen LogP contribution < -0.4 is 10.6 Å². The quantitative estimate of drug-likeness (QED) is 0.694. The summed E-state index contributed by atoms with van der Waals surface area (Å²) < 4.78 is 4.78. The van der Waals surface area contributed by atoms with Crippen LogP contribution in [-0.2, 0) is 11.3 Å². The summed E-state index contributed by atoms with van der Waals surface area (Å²) in [7, 11) is 3.16. The first-order valence-corrected chi connectivity index (χ1v) is 7.10. The molecule has 0 saturated carbocycles. The number of thiazole rings is 1. The number of carbonyl (C=O) groups excluding carboxylic acids is 1. The summed E-state index contributed by atoms with van der Waals surface area (Å²) in [6.07, 6.45) is 0. The molecule has 2 rings (SSSR count). The molecular formula is C13H14ClN3O2S. The Bertz CT molecular complexity index is 616. The smallest absolute Gasteiger partial charge is 0.340 e. The number of esters is 1. The van der Waals surface area contributed by atoms with Crippen molar-refractivity contribution in [1.29, 1.82) is 0 Å². The van der Waals surface area contributed by atoms with Gasteiger partial charge in [-0.2, -0.15) is 0 Å². The molecule has 20 heavy (non-hydrogen) atoms. The van der Waals surface area contributed by atoms with Gasteiger partial charge in [-0.3, -0.25) is 0 Å². The van der Waals surface area contributed by atoms with E-state index in [-0.39, 0.29) is 0 Å². The molecule has 0 unspecified atom stereocenters. The Morgan fingerprint density at radius 3 is 2.90 bits per heavy atom. The van der Waals surface area contributed by atoms with E-state index in [1.54, 1.807) is 17.6 Å². The number of hydrogen-bond acceptors (Lipinski definition) is 6. The van der Waals surface area contributed by atoms with Crippen molar-refractivity contribution in [3.8, 4) is 0 Å². The number of nitrogens with two attached hydrogens (primary N) is 1. The lowest BCUT2D eigenvalue weighted by Crippen LogP contribution is -2.20. The van der Waals surface area contributed by atoms with Crippen LogP contribution in [0, 0.1) is 0 Å². The third kappa shape index (κ3) is 3.02. The van der Waals surface area contributed by atoms with Crippen LogP contribution in [0.5, 0.6) is 0 Å². The van der Waals surface area contributed by atoms with Gasteiger partial charge in [-0.05, 0) is 12.1 Å². The van der Waals surface area contributed by atoms with E-state index in [1.165, 1.54) is 18.4 Å². The van der Waals surface area contributed by atoms with E-state index in [0.29, 0.717) is 28.5 Å². The monoisotopic (exact) mass is 311 g/mol. The van der Waals surface area contributed by atoms with Crippen molar-refractivity contribution in [3.05, 3.63) is 39.3 Å². The molecule has 0 fully saturated rings. The maximum atomic E-state index is 11.9. The minimum absolute atomic E-state index is 0.343. The van der Waals surface area contributed by atoms with E-state index in [4.69, 9.17) is 22.1 Å². The van der Waals surface area contributed by atoms with Gasteiger partial charge in [-0.15, -0.1) is 11.3 Å². The number of carbonyl (C=O) groups is 1. The van der Waals surface area contributed by atoms with Crippen LogP contribution in [-0.4, -0.2) is 25.1 Å². The van der Waals surface area contributed by atoms with E-state index in [9.17, 15) is 4.79 Å². The lowest BCUT2D eigenvalue weighted by atomic mass is 10.1. The maximum Gasteiger partial charge on any atom is 0.340 e. The van der Waals surface area contributed by atoms with Gasteiger partial charge in [-0.25, -0.2) is 9.78 Å². The zero-order valence-corrected chi connectivity index (χ0v) is 12.7.